The van der Waals surface area contributed by atoms with Crippen LogP contribution in [0.2, 0.25) is 0 Å². The summed E-state index contributed by atoms with van der Waals surface area (Å²) in [4.78, 5) is 16.8. The minimum Gasteiger partial charge on any atom is -0.457 e. The molecule has 1 amide bonds. The highest BCUT2D eigenvalue weighted by atomic mass is 35.5. The minimum absolute atomic E-state index is 0. The van der Waals surface area contributed by atoms with Crippen LogP contribution in [0.5, 0.6) is 11.5 Å². The van der Waals surface area contributed by atoms with Gasteiger partial charge < -0.3 is 14.5 Å². The van der Waals surface area contributed by atoms with Gasteiger partial charge in [0.25, 0.3) is 5.91 Å². The fourth-order valence-electron chi connectivity index (χ4n) is 2.72. The van der Waals surface area contributed by atoms with Gasteiger partial charge in [-0.15, -0.1) is 12.4 Å². The number of hydrogen-bond acceptors (Lipinski definition) is 3. The summed E-state index contributed by atoms with van der Waals surface area (Å²) >= 11 is 0. The average Bonchev–Trinajstić information content (AvgIpc) is 2.80. The molecule has 0 aliphatic carbocycles. The second-order valence-electron chi connectivity index (χ2n) is 5.89. The number of para-hydroxylation sites is 1. The van der Waals surface area contributed by atoms with Crippen LogP contribution < -0.4 is 4.74 Å². The van der Waals surface area contributed by atoms with Gasteiger partial charge in [0.05, 0.1) is 0 Å². The van der Waals surface area contributed by atoms with Crippen molar-refractivity contribution in [2.24, 2.45) is 0 Å². The van der Waals surface area contributed by atoms with E-state index in [4.69, 9.17) is 4.74 Å². The molecule has 128 valence electrons. The number of hydrogen-bond donors (Lipinski definition) is 0. The summed E-state index contributed by atoms with van der Waals surface area (Å²) < 4.78 is 5.76. The van der Waals surface area contributed by atoms with E-state index in [-0.39, 0.29) is 18.3 Å². The lowest BCUT2D eigenvalue weighted by atomic mass is 10.2. The smallest absolute Gasteiger partial charge is 0.253 e. The van der Waals surface area contributed by atoms with E-state index < -0.39 is 0 Å². The van der Waals surface area contributed by atoms with Crippen molar-refractivity contribution in [3.05, 3.63) is 60.2 Å². The van der Waals surface area contributed by atoms with Crippen molar-refractivity contribution < 1.29 is 9.53 Å². The Morgan fingerprint density at radius 1 is 0.875 bits per heavy atom. The van der Waals surface area contributed by atoms with Crippen LogP contribution in [-0.2, 0) is 0 Å². The molecule has 1 aliphatic rings. The summed E-state index contributed by atoms with van der Waals surface area (Å²) in [6, 6.07) is 17.0. The molecule has 0 aromatic heterocycles. The van der Waals surface area contributed by atoms with Crippen molar-refractivity contribution in [3.63, 3.8) is 0 Å². The molecule has 1 saturated heterocycles. The number of ether oxygens (including phenoxy) is 1. The van der Waals surface area contributed by atoms with Crippen molar-refractivity contribution >= 4 is 18.3 Å². The van der Waals surface area contributed by atoms with Gasteiger partial charge in [-0.25, -0.2) is 0 Å². The summed E-state index contributed by atoms with van der Waals surface area (Å²) in [5.41, 5.74) is 0.718. The molecule has 0 spiro atoms. The van der Waals surface area contributed by atoms with Gasteiger partial charge in [0.15, 0.2) is 0 Å². The second-order valence-corrected chi connectivity index (χ2v) is 5.89. The lowest BCUT2D eigenvalue weighted by molar-refractivity contribution is 0.0763. The highest BCUT2D eigenvalue weighted by Crippen LogP contribution is 2.21. The third-order valence-electron chi connectivity index (χ3n) is 4.09. The van der Waals surface area contributed by atoms with Gasteiger partial charge in [-0.1, -0.05) is 18.2 Å². The van der Waals surface area contributed by atoms with E-state index in [1.807, 2.05) is 59.5 Å². The molecule has 5 heteroatoms. The van der Waals surface area contributed by atoms with Crippen LogP contribution >= 0.6 is 12.4 Å². The van der Waals surface area contributed by atoms with E-state index >= 15 is 0 Å². The maximum atomic E-state index is 12.6. The molecule has 24 heavy (non-hydrogen) atoms. The number of likely N-dealkylation sites (N-methyl/N-ethyl adjacent to an activating group) is 1. The Hall–Kier alpha value is -2.04. The van der Waals surface area contributed by atoms with Crippen molar-refractivity contribution in [1.29, 1.82) is 0 Å². The molecule has 1 heterocycles. The summed E-state index contributed by atoms with van der Waals surface area (Å²) in [7, 11) is 2.10. The van der Waals surface area contributed by atoms with Gasteiger partial charge in [0, 0.05) is 25.2 Å². The van der Waals surface area contributed by atoms with E-state index in [1.54, 1.807) is 0 Å². The van der Waals surface area contributed by atoms with Gasteiger partial charge in [0.1, 0.15) is 11.5 Å². The zero-order chi connectivity index (χ0) is 16.1. The Kier molecular flexibility index (Phi) is 6.64. The minimum atomic E-state index is 0. The Labute approximate surface area is 149 Å². The fourth-order valence-corrected chi connectivity index (χ4v) is 2.72. The maximum Gasteiger partial charge on any atom is 0.253 e. The normalized spacial score (nSPS) is 15.3. The standard InChI is InChI=1S/C19H22N2O2.ClH/c1-20-12-5-13-21(15-14-20)19(22)16-8-10-18(11-9-16)23-17-6-3-2-4-7-17;/h2-4,6-11H,5,12-15H2,1H3;1H. The molecule has 4 nitrogen and oxygen atoms in total. The van der Waals surface area contributed by atoms with Gasteiger partial charge >= 0.3 is 0 Å². The van der Waals surface area contributed by atoms with Crippen molar-refractivity contribution in [3.8, 4) is 11.5 Å². The van der Waals surface area contributed by atoms with E-state index in [2.05, 4.69) is 11.9 Å². The van der Waals surface area contributed by atoms with Gasteiger partial charge in [-0.3, -0.25) is 4.79 Å². The van der Waals surface area contributed by atoms with Crippen LogP contribution in [0.25, 0.3) is 0 Å². The molecule has 2 aromatic carbocycles. The highest BCUT2D eigenvalue weighted by molar-refractivity contribution is 5.94. The topological polar surface area (TPSA) is 32.8 Å². The third-order valence-corrected chi connectivity index (χ3v) is 4.09. The molecule has 0 N–H and O–H groups in total. The number of carbonyl (C=O) groups is 1. The summed E-state index contributed by atoms with van der Waals surface area (Å²) in [5.74, 6) is 1.64. The molecule has 1 fully saturated rings. The molecule has 0 radical (unpaired) electrons. The fraction of sp³-hybridized carbons (Fsp3) is 0.316. The van der Waals surface area contributed by atoms with Gasteiger partial charge in [0.2, 0.25) is 0 Å². The van der Waals surface area contributed by atoms with Crippen molar-refractivity contribution in [1.82, 2.24) is 9.80 Å². The van der Waals surface area contributed by atoms with Gasteiger partial charge in [-0.05, 0) is 56.4 Å². The Morgan fingerprint density at radius 3 is 2.25 bits per heavy atom. The largest absolute Gasteiger partial charge is 0.457 e. The Morgan fingerprint density at radius 2 is 1.54 bits per heavy atom. The molecule has 3 rings (SSSR count). The number of nitrogens with zero attached hydrogens (tertiary/aromatic N) is 2. The number of benzene rings is 2. The van der Waals surface area contributed by atoms with E-state index in [1.165, 1.54) is 0 Å². The second kappa shape index (κ2) is 8.71. The summed E-state index contributed by atoms with van der Waals surface area (Å²) in [5, 5.41) is 0. The monoisotopic (exact) mass is 346 g/mol. The quantitative estimate of drug-likeness (QED) is 0.850. The van der Waals surface area contributed by atoms with E-state index in [0.29, 0.717) is 0 Å². The predicted molar refractivity (Wildman–Crippen MR) is 98.2 cm³/mol. The predicted octanol–water partition coefficient (Wildman–Crippen LogP) is 3.68. The first-order valence-corrected chi connectivity index (χ1v) is 8.03. The first kappa shape index (κ1) is 18.3. The molecule has 0 saturated carbocycles. The maximum absolute atomic E-state index is 12.6. The van der Waals surface area contributed by atoms with Crippen molar-refractivity contribution in [2.75, 3.05) is 33.2 Å². The molecule has 0 atom stereocenters. The lowest BCUT2D eigenvalue weighted by Gasteiger charge is -2.20. The van der Waals surface area contributed by atoms with Crippen LogP contribution in [0.4, 0.5) is 0 Å². The lowest BCUT2D eigenvalue weighted by Crippen LogP contribution is -2.34. The van der Waals surface area contributed by atoms with Crippen LogP contribution in [0.15, 0.2) is 54.6 Å². The third kappa shape index (κ3) is 4.73. The van der Waals surface area contributed by atoms with E-state index in [9.17, 15) is 4.79 Å². The molecular weight excluding hydrogens is 324 g/mol. The molecular formula is C19H23ClN2O2. The number of rotatable bonds is 3. The number of carbonyl (C=O) groups excluding carboxylic acids is 1. The van der Waals surface area contributed by atoms with Crippen LogP contribution in [0.3, 0.4) is 0 Å². The van der Waals surface area contributed by atoms with Crippen LogP contribution in [0.1, 0.15) is 16.8 Å². The Bertz CT molecular complexity index is 646. The highest BCUT2D eigenvalue weighted by Gasteiger charge is 2.18. The Balaban J connectivity index is 0.00000208. The van der Waals surface area contributed by atoms with E-state index in [0.717, 1.165) is 49.7 Å². The molecule has 0 unspecified atom stereocenters. The van der Waals surface area contributed by atoms with Gasteiger partial charge in [-0.2, -0.15) is 0 Å². The van der Waals surface area contributed by atoms with Crippen LogP contribution in [0, 0.1) is 0 Å². The first-order valence-electron chi connectivity index (χ1n) is 8.03. The number of amides is 1. The molecule has 2 aromatic rings. The average molecular weight is 347 g/mol. The molecule has 0 bridgehead atoms. The summed E-state index contributed by atoms with van der Waals surface area (Å²) in [6.45, 7) is 3.59. The van der Waals surface area contributed by atoms with Crippen molar-refractivity contribution in [2.45, 2.75) is 6.42 Å². The zero-order valence-electron chi connectivity index (χ0n) is 13.9. The zero-order valence-corrected chi connectivity index (χ0v) is 14.7. The number of halogens is 1. The SMILES string of the molecule is CN1CCCN(C(=O)c2ccc(Oc3ccccc3)cc2)CC1.Cl. The van der Waals surface area contributed by atoms with Crippen LogP contribution in [-0.4, -0.2) is 48.9 Å². The molecule has 1 aliphatic heterocycles. The first-order chi connectivity index (χ1) is 11.2. The summed E-state index contributed by atoms with van der Waals surface area (Å²) in [6.07, 6.45) is 1.03.